The number of hydrogen-bond acceptors (Lipinski definition) is 3. The van der Waals surface area contributed by atoms with Gasteiger partial charge in [-0.3, -0.25) is 0 Å². The van der Waals surface area contributed by atoms with E-state index < -0.39 is 0 Å². The van der Waals surface area contributed by atoms with Crippen LogP contribution in [0.5, 0.6) is 0 Å². The number of thiocarbonyl (C=S) groups is 1. The highest BCUT2D eigenvalue weighted by molar-refractivity contribution is 7.80. The molecule has 19 heavy (non-hydrogen) atoms. The van der Waals surface area contributed by atoms with Crippen LogP contribution in [0.25, 0.3) is 0 Å². The fraction of sp³-hybridized carbons (Fsp3) is 0.500. The third-order valence-electron chi connectivity index (χ3n) is 3.70. The van der Waals surface area contributed by atoms with Crippen molar-refractivity contribution >= 4 is 22.9 Å². The fourth-order valence-electron chi connectivity index (χ4n) is 2.55. The summed E-state index contributed by atoms with van der Waals surface area (Å²) in [7, 11) is 2.12. The Labute approximate surface area is 119 Å². The molecule has 1 aromatic rings. The molecular formula is C14H20FN3S. The molecule has 1 aliphatic rings. The van der Waals surface area contributed by atoms with Gasteiger partial charge in [-0.1, -0.05) is 19.1 Å². The van der Waals surface area contributed by atoms with E-state index in [-0.39, 0.29) is 10.8 Å². The Hall–Kier alpha value is -1.20. The molecule has 0 amide bonds. The van der Waals surface area contributed by atoms with E-state index in [9.17, 15) is 4.39 Å². The standard InChI is InChI=1S/C14H20FN3S/c1-9-8-18(2)6-5-12(9)17-13-4-3-10(14(16)19)7-11(13)15/h3-4,7,9,12,17H,5-6,8H2,1-2H3,(H2,16,19). The molecular weight excluding hydrogens is 261 g/mol. The smallest absolute Gasteiger partial charge is 0.146 e. The predicted octanol–water partition coefficient (Wildman–Crippen LogP) is 2.21. The summed E-state index contributed by atoms with van der Waals surface area (Å²) in [4.78, 5) is 2.52. The quantitative estimate of drug-likeness (QED) is 0.834. The first kappa shape index (κ1) is 14.2. The van der Waals surface area contributed by atoms with Crippen molar-refractivity contribution in [3.8, 4) is 0 Å². The molecule has 1 aromatic carbocycles. The summed E-state index contributed by atoms with van der Waals surface area (Å²) in [6.07, 6.45) is 1.02. The molecule has 2 rings (SSSR count). The van der Waals surface area contributed by atoms with Crippen molar-refractivity contribution < 1.29 is 4.39 Å². The molecule has 1 aliphatic heterocycles. The van der Waals surface area contributed by atoms with Gasteiger partial charge in [-0.2, -0.15) is 0 Å². The van der Waals surface area contributed by atoms with Gasteiger partial charge in [0.2, 0.25) is 0 Å². The SMILES string of the molecule is CC1CN(C)CCC1Nc1ccc(C(N)=S)cc1F. The molecule has 1 fully saturated rings. The maximum Gasteiger partial charge on any atom is 0.146 e. The molecule has 2 unspecified atom stereocenters. The van der Waals surface area contributed by atoms with E-state index >= 15 is 0 Å². The van der Waals surface area contributed by atoms with Crippen molar-refractivity contribution in [3.05, 3.63) is 29.6 Å². The van der Waals surface area contributed by atoms with E-state index in [1.807, 2.05) is 0 Å². The van der Waals surface area contributed by atoms with E-state index in [1.54, 1.807) is 12.1 Å². The van der Waals surface area contributed by atoms with Crippen molar-refractivity contribution in [2.24, 2.45) is 11.7 Å². The molecule has 0 aliphatic carbocycles. The van der Waals surface area contributed by atoms with Gasteiger partial charge in [0.15, 0.2) is 0 Å². The van der Waals surface area contributed by atoms with Gasteiger partial charge >= 0.3 is 0 Å². The maximum atomic E-state index is 14.0. The highest BCUT2D eigenvalue weighted by atomic mass is 32.1. The van der Waals surface area contributed by atoms with Gasteiger partial charge in [-0.25, -0.2) is 4.39 Å². The molecule has 3 N–H and O–H groups in total. The number of nitrogens with zero attached hydrogens (tertiary/aromatic N) is 1. The van der Waals surface area contributed by atoms with Crippen LogP contribution in [0.15, 0.2) is 18.2 Å². The van der Waals surface area contributed by atoms with E-state index in [0.717, 1.165) is 19.5 Å². The summed E-state index contributed by atoms with van der Waals surface area (Å²) in [6.45, 7) is 4.26. The van der Waals surface area contributed by atoms with Gasteiger partial charge in [0, 0.05) is 18.2 Å². The summed E-state index contributed by atoms with van der Waals surface area (Å²) in [6, 6.07) is 5.17. The van der Waals surface area contributed by atoms with Crippen molar-refractivity contribution in [1.29, 1.82) is 0 Å². The Morgan fingerprint density at radius 1 is 1.53 bits per heavy atom. The van der Waals surface area contributed by atoms with Crippen LogP contribution in [0.1, 0.15) is 18.9 Å². The van der Waals surface area contributed by atoms with E-state index in [2.05, 4.69) is 24.2 Å². The molecule has 0 bridgehead atoms. The number of anilines is 1. The minimum Gasteiger partial charge on any atom is -0.389 e. The van der Waals surface area contributed by atoms with Crippen molar-refractivity contribution in [1.82, 2.24) is 4.90 Å². The zero-order valence-corrected chi connectivity index (χ0v) is 12.1. The normalized spacial score (nSPS) is 24.2. The van der Waals surface area contributed by atoms with Crippen LogP contribution >= 0.6 is 12.2 Å². The number of nitrogens with one attached hydrogen (secondary N) is 1. The summed E-state index contributed by atoms with van der Waals surface area (Å²) in [5, 5.41) is 3.30. The van der Waals surface area contributed by atoms with E-state index in [4.69, 9.17) is 18.0 Å². The second kappa shape index (κ2) is 5.84. The minimum atomic E-state index is -0.295. The molecule has 1 heterocycles. The summed E-state index contributed by atoms with van der Waals surface area (Å²) >= 11 is 4.84. The highest BCUT2D eigenvalue weighted by Crippen LogP contribution is 2.23. The van der Waals surface area contributed by atoms with Gasteiger partial charge in [-0.05, 0) is 44.1 Å². The monoisotopic (exact) mass is 281 g/mol. The molecule has 104 valence electrons. The second-order valence-electron chi connectivity index (χ2n) is 5.34. The predicted molar refractivity (Wildman–Crippen MR) is 81.0 cm³/mol. The third kappa shape index (κ3) is 3.42. The van der Waals surface area contributed by atoms with Crippen LogP contribution in [0.4, 0.5) is 10.1 Å². The first-order chi connectivity index (χ1) is 8.97. The van der Waals surface area contributed by atoms with Crippen molar-refractivity contribution in [3.63, 3.8) is 0 Å². The Bertz CT molecular complexity index is 478. The highest BCUT2D eigenvalue weighted by Gasteiger charge is 2.24. The average molecular weight is 281 g/mol. The number of hydrogen-bond donors (Lipinski definition) is 2. The van der Waals surface area contributed by atoms with Gasteiger partial charge in [-0.15, -0.1) is 0 Å². The zero-order chi connectivity index (χ0) is 14.0. The largest absolute Gasteiger partial charge is 0.389 e. The average Bonchev–Trinajstić information content (AvgIpc) is 2.34. The number of likely N-dealkylation sites (tertiary alicyclic amines) is 1. The van der Waals surface area contributed by atoms with E-state index in [1.165, 1.54) is 6.07 Å². The summed E-state index contributed by atoms with van der Waals surface area (Å²) in [5.74, 6) is 0.199. The second-order valence-corrected chi connectivity index (χ2v) is 5.78. The number of benzene rings is 1. The number of halogens is 1. The number of nitrogens with two attached hydrogens (primary N) is 1. The molecule has 0 aromatic heterocycles. The van der Waals surface area contributed by atoms with Crippen LogP contribution in [-0.4, -0.2) is 36.1 Å². The van der Waals surface area contributed by atoms with Crippen LogP contribution in [-0.2, 0) is 0 Å². The lowest BCUT2D eigenvalue weighted by Crippen LogP contribution is -2.43. The maximum absolute atomic E-state index is 14.0. The van der Waals surface area contributed by atoms with Gasteiger partial charge < -0.3 is 16.0 Å². The lowest BCUT2D eigenvalue weighted by molar-refractivity contribution is 0.206. The molecule has 5 heteroatoms. The first-order valence-corrected chi connectivity index (χ1v) is 6.92. The lowest BCUT2D eigenvalue weighted by atomic mass is 9.94. The third-order valence-corrected chi connectivity index (χ3v) is 3.94. The van der Waals surface area contributed by atoms with Gasteiger partial charge in [0.05, 0.1) is 5.69 Å². The van der Waals surface area contributed by atoms with Gasteiger partial charge in [0.1, 0.15) is 10.8 Å². The van der Waals surface area contributed by atoms with Crippen LogP contribution in [0, 0.1) is 11.7 Å². The molecule has 1 saturated heterocycles. The molecule has 0 radical (unpaired) electrons. The minimum absolute atomic E-state index is 0.220. The van der Waals surface area contributed by atoms with Crippen LogP contribution < -0.4 is 11.1 Å². The molecule has 0 spiro atoms. The molecule has 3 nitrogen and oxygen atoms in total. The fourth-order valence-corrected chi connectivity index (χ4v) is 2.68. The van der Waals surface area contributed by atoms with Crippen molar-refractivity contribution in [2.45, 2.75) is 19.4 Å². The Morgan fingerprint density at radius 3 is 2.84 bits per heavy atom. The first-order valence-electron chi connectivity index (χ1n) is 6.52. The van der Waals surface area contributed by atoms with Crippen LogP contribution in [0.2, 0.25) is 0 Å². The van der Waals surface area contributed by atoms with Crippen molar-refractivity contribution in [2.75, 3.05) is 25.5 Å². The summed E-state index contributed by atoms with van der Waals surface area (Å²) in [5.41, 5.74) is 6.59. The zero-order valence-electron chi connectivity index (χ0n) is 11.3. The summed E-state index contributed by atoms with van der Waals surface area (Å²) < 4.78 is 14.0. The molecule has 0 saturated carbocycles. The topological polar surface area (TPSA) is 41.3 Å². The Balaban J connectivity index is 2.09. The van der Waals surface area contributed by atoms with Gasteiger partial charge in [0.25, 0.3) is 0 Å². The Morgan fingerprint density at radius 2 is 2.26 bits per heavy atom. The molecule has 2 atom stereocenters. The number of piperidine rings is 1. The van der Waals surface area contributed by atoms with E-state index in [0.29, 0.717) is 23.2 Å². The Kier molecular flexibility index (Phi) is 4.37. The van der Waals surface area contributed by atoms with Crippen LogP contribution in [0.3, 0.4) is 0 Å². The number of rotatable bonds is 3. The lowest BCUT2D eigenvalue weighted by Gasteiger charge is -2.35.